The number of amides is 1. The van der Waals surface area contributed by atoms with Crippen LogP contribution in [0.3, 0.4) is 0 Å². The Morgan fingerprint density at radius 2 is 1.44 bits per heavy atom. The number of aromatic nitrogens is 3. The molecule has 3 aromatic rings. The van der Waals surface area contributed by atoms with E-state index in [4.69, 9.17) is 14.0 Å². The number of carbonyl (C=O) groups is 1. The molecule has 2 N–H and O–H groups in total. The van der Waals surface area contributed by atoms with E-state index in [1.165, 1.54) is 37.8 Å². The first-order chi connectivity index (χ1) is 21.4. The molecule has 12 nitrogen and oxygen atoms in total. The Morgan fingerprint density at radius 1 is 0.889 bits per heavy atom. The van der Waals surface area contributed by atoms with Crippen LogP contribution < -0.4 is 10.0 Å². The van der Waals surface area contributed by atoms with Gasteiger partial charge in [0.05, 0.1) is 6.54 Å². The van der Waals surface area contributed by atoms with E-state index in [2.05, 4.69) is 62.1 Å². The molecule has 0 saturated heterocycles. The van der Waals surface area contributed by atoms with Gasteiger partial charge in [-0.2, -0.15) is 0 Å². The van der Waals surface area contributed by atoms with Crippen molar-refractivity contribution in [3.05, 3.63) is 86.5 Å². The third-order valence-electron chi connectivity index (χ3n) is 6.63. The van der Waals surface area contributed by atoms with Crippen molar-refractivity contribution in [1.29, 1.82) is 0 Å². The van der Waals surface area contributed by atoms with Gasteiger partial charge in [-0.05, 0) is 50.7 Å². The number of rotatable bonds is 18. The van der Waals surface area contributed by atoms with E-state index in [9.17, 15) is 13.6 Å². The predicted molar refractivity (Wildman–Crippen MR) is 163 cm³/mol. The molecule has 2 aromatic heterocycles. The standard InChI is InChI=1S/C28H41N6O3S.3CO.Re/c1-32-19-11-12-26(32)22-34(23-27-29-18-21-33(27)2)20-10-8-6-4-3-5-7-9-13-28(35)30-24-14-16-25(17-15-24)31-38(36)37;3*1-2;/h11,14-19,21,31H,3-10,13,20,22-23H2,1-2H3,(H,30,35)(H,36,37);;;;/q-1;;;;/p-1. The second-order valence-electron chi connectivity index (χ2n) is 9.72. The van der Waals surface area contributed by atoms with Crippen LogP contribution in [0, 0.1) is 26.0 Å². The van der Waals surface area contributed by atoms with Gasteiger partial charge in [0, 0.05) is 75.5 Å². The summed E-state index contributed by atoms with van der Waals surface area (Å²) in [6.07, 6.45) is 15.5. The monoisotopic (exact) mass is 811 g/mol. The van der Waals surface area contributed by atoms with Crippen molar-refractivity contribution in [2.24, 2.45) is 14.1 Å². The Hall–Kier alpha value is -3.07. The zero-order valence-electron chi connectivity index (χ0n) is 25.6. The van der Waals surface area contributed by atoms with Crippen molar-refractivity contribution in [3.63, 3.8) is 0 Å². The molecule has 1 aromatic carbocycles. The molecule has 0 aliphatic heterocycles. The van der Waals surface area contributed by atoms with Crippen LogP contribution in [-0.2, 0) is 77.6 Å². The van der Waals surface area contributed by atoms with E-state index in [-0.39, 0.29) is 26.3 Å². The number of imidazole rings is 1. The molecule has 45 heavy (non-hydrogen) atoms. The van der Waals surface area contributed by atoms with Crippen LogP contribution in [0.25, 0.3) is 0 Å². The topological polar surface area (TPSA) is 167 Å². The first-order valence-electron chi connectivity index (χ1n) is 14.0. The van der Waals surface area contributed by atoms with Gasteiger partial charge in [-0.15, -0.1) is 6.20 Å². The summed E-state index contributed by atoms with van der Waals surface area (Å²) in [5.74, 6) is 1.07. The van der Waals surface area contributed by atoms with Crippen LogP contribution in [0.15, 0.2) is 48.9 Å². The molecule has 3 rings (SSSR count). The molecule has 0 spiro atoms. The fraction of sp³-hybridized carbons (Fsp3) is 0.452. The molecule has 0 saturated carbocycles. The molecule has 2 heterocycles. The number of carbonyl (C=O) groups excluding carboxylic acids is 1. The van der Waals surface area contributed by atoms with Crippen molar-refractivity contribution in [2.75, 3.05) is 16.6 Å². The van der Waals surface area contributed by atoms with Crippen LogP contribution in [0.2, 0.25) is 0 Å². The van der Waals surface area contributed by atoms with E-state index in [1.807, 2.05) is 31.7 Å². The number of unbranched alkanes of at least 4 members (excludes halogenated alkanes) is 7. The smallest absolute Gasteiger partial charge is 0 e. The van der Waals surface area contributed by atoms with Gasteiger partial charge in [-0.25, -0.2) is 17.1 Å². The van der Waals surface area contributed by atoms with E-state index >= 15 is 0 Å². The van der Waals surface area contributed by atoms with E-state index in [1.54, 1.807) is 24.3 Å². The Morgan fingerprint density at radius 3 is 1.96 bits per heavy atom. The summed E-state index contributed by atoms with van der Waals surface area (Å²) in [4.78, 5) is 19.1. The Kier molecular flexibility index (Phi) is 27.8. The van der Waals surface area contributed by atoms with E-state index in [0.29, 0.717) is 17.8 Å². The number of nitrogens with one attached hydrogen (secondary N) is 2. The molecule has 0 bridgehead atoms. The van der Waals surface area contributed by atoms with Crippen molar-refractivity contribution >= 4 is 28.5 Å². The molecular weight excluding hydrogens is 771 g/mol. The van der Waals surface area contributed by atoms with Crippen molar-refractivity contribution in [2.45, 2.75) is 70.9 Å². The van der Waals surface area contributed by atoms with Gasteiger partial charge in [-0.1, -0.05) is 44.2 Å². The SMILES string of the molecule is Cn1cc[c-]c1CN(CCCCCCCCCCC(=O)Nc1ccc(NS(=O)[O-])cc1)Cc1nccn1C.[C-]#[O+].[C-]#[O+].[C-]#[O+].[Re]. The fourth-order valence-corrected chi connectivity index (χ4v) is 4.72. The zero-order valence-corrected chi connectivity index (χ0v) is 29.2. The summed E-state index contributed by atoms with van der Waals surface area (Å²) < 4.78 is 50.3. The van der Waals surface area contributed by atoms with Crippen LogP contribution in [0.1, 0.15) is 69.3 Å². The normalized spacial score (nSPS) is 10.4. The first-order valence-corrected chi connectivity index (χ1v) is 15.1. The van der Waals surface area contributed by atoms with E-state index < -0.39 is 11.3 Å². The number of nitrogens with zero attached hydrogens (tertiary/aromatic N) is 4. The van der Waals surface area contributed by atoms with Crippen molar-refractivity contribution in [1.82, 2.24) is 19.0 Å². The number of aryl methyl sites for hydroxylation is 2. The zero-order chi connectivity index (χ0) is 33.2. The predicted octanol–water partition coefficient (Wildman–Crippen LogP) is 4.80. The van der Waals surface area contributed by atoms with Gasteiger partial charge in [0.15, 0.2) is 0 Å². The van der Waals surface area contributed by atoms with Gasteiger partial charge in [0.1, 0.15) is 5.82 Å². The maximum absolute atomic E-state index is 12.1. The van der Waals surface area contributed by atoms with Crippen molar-refractivity contribution in [3.8, 4) is 0 Å². The molecular formula is C31H40N6O6ReS-2. The van der Waals surface area contributed by atoms with Gasteiger partial charge in [-0.3, -0.25) is 13.9 Å². The molecule has 1 amide bonds. The minimum Gasteiger partial charge on any atom is 0 e. The second-order valence-corrected chi connectivity index (χ2v) is 10.4. The molecule has 0 fully saturated rings. The van der Waals surface area contributed by atoms with Crippen LogP contribution in [0.4, 0.5) is 11.4 Å². The summed E-state index contributed by atoms with van der Waals surface area (Å²) in [5, 5.41) is 2.86. The fourth-order valence-electron chi connectivity index (χ4n) is 4.39. The number of hydrogen-bond donors (Lipinski definition) is 2. The Bertz CT molecular complexity index is 1220. The summed E-state index contributed by atoms with van der Waals surface area (Å²) >= 11 is -2.35. The van der Waals surface area contributed by atoms with Gasteiger partial charge in [0.25, 0.3) is 0 Å². The summed E-state index contributed by atoms with van der Waals surface area (Å²) in [6, 6.07) is 11.9. The Balaban J connectivity index is 0. The number of hydrogen-bond acceptors (Lipinski definition) is 5. The number of benzene rings is 1. The quantitative estimate of drug-likeness (QED) is 0.0814. The van der Waals surface area contributed by atoms with Gasteiger partial charge < -0.3 is 23.7 Å². The summed E-state index contributed by atoms with van der Waals surface area (Å²) in [7, 11) is 4.11. The summed E-state index contributed by atoms with van der Waals surface area (Å²) in [5.41, 5.74) is 2.32. The molecule has 14 heteroatoms. The molecule has 0 aliphatic carbocycles. The molecule has 1 unspecified atom stereocenters. The Labute approximate surface area is 282 Å². The van der Waals surface area contributed by atoms with E-state index in [0.717, 1.165) is 44.7 Å². The van der Waals surface area contributed by atoms with Crippen LogP contribution >= 0.6 is 0 Å². The molecule has 0 aliphatic rings. The number of anilines is 2. The molecule has 1 radical (unpaired) electrons. The first kappa shape index (κ1) is 44.1. The summed E-state index contributed by atoms with van der Waals surface area (Å²) in [6.45, 7) is 16.2. The second kappa shape index (κ2) is 28.4. The average Bonchev–Trinajstić information content (AvgIpc) is 3.64. The molecule has 245 valence electrons. The van der Waals surface area contributed by atoms with Crippen LogP contribution in [0.5, 0.6) is 0 Å². The van der Waals surface area contributed by atoms with Crippen LogP contribution in [-0.4, -0.2) is 40.2 Å². The largest absolute Gasteiger partial charge is 0 e. The van der Waals surface area contributed by atoms with Gasteiger partial charge in [0.2, 0.25) is 5.91 Å². The van der Waals surface area contributed by atoms with Gasteiger partial charge >= 0.3 is 33.9 Å². The van der Waals surface area contributed by atoms with Crippen molar-refractivity contribution < 1.29 is 47.9 Å². The maximum atomic E-state index is 12.1. The maximum Gasteiger partial charge on any atom is 0 e. The minimum atomic E-state index is -2.35. The third kappa shape index (κ3) is 19.8. The minimum absolute atomic E-state index is 0. The molecule has 1 atom stereocenters. The third-order valence-corrected chi connectivity index (χ3v) is 7.03. The average molecular weight is 811 g/mol.